The van der Waals surface area contributed by atoms with Gasteiger partial charge >= 0.3 is 0 Å². The monoisotopic (exact) mass is 296 g/mol. The Bertz CT molecular complexity index is 873. The maximum atomic E-state index is 10.4. The number of hydrogen-bond acceptors (Lipinski definition) is 4. The van der Waals surface area contributed by atoms with Gasteiger partial charge in [0.25, 0.3) is 0 Å². The molecule has 4 heteroatoms. The highest BCUT2D eigenvalue weighted by atomic mass is 16.4. The summed E-state index contributed by atoms with van der Waals surface area (Å²) in [5.41, 5.74) is 0.960. The van der Waals surface area contributed by atoms with Gasteiger partial charge in [0, 0.05) is 0 Å². The number of fused-ring (bicyclic) bond motifs is 4. The SMILES string of the molecule is O[C@@H]1[C@H](O)[C@@H](O)c2c(ccc3cc4ccccc4cc23)[C@H]1O. The third-order valence-electron chi connectivity index (χ3n) is 4.57. The van der Waals surface area contributed by atoms with Gasteiger partial charge in [-0.05, 0) is 44.8 Å². The van der Waals surface area contributed by atoms with Crippen LogP contribution in [-0.4, -0.2) is 32.6 Å². The van der Waals surface area contributed by atoms with E-state index in [2.05, 4.69) is 0 Å². The van der Waals surface area contributed by atoms with Gasteiger partial charge in [0.05, 0.1) is 0 Å². The van der Waals surface area contributed by atoms with Gasteiger partial charge in [0.15, 0.2) is 0 Å². The summed E-state index contributed by atoms with van der Waals surface area (Å²) in [5, 5.41) is 44.2. The molecule has 0 amide bonds. The van der Waals surface area contributed by atoms with E-state index >= 15 is 0 Å². The second kappa shape index (κ2) is 4.76. The van der Waals surface area contributed by atoms with E-state index in [1.165, 1.54) is 0 Å². The maximum absolute atomic E-state index is 10.4. The minimum atomic E-state index is -1.40. The Balaban J connectivity index is 2.08. The Kier molecular flexibility index (Phi) is 2.96. The molecule has 4 nitrogen and oxygen atoms in total. The molecule has 0 heterocycles. The van der Waals surface area contributed by atoms with Crippen LogP contribution >= 0.6 is 0 Å². The molecule has 22 heavy (non-hydrogen) atoms. The van der Waals surface area contributed by atoms with Crippen LogP contribution in [0, 0.1) is 0 Å². The topological polar surface area (TPSA) is 80.9 Å². The number of benzene rings is 3. The summed E-state index contributed by atoms with van der Waals surface area (Å²) >= 11 is 0. The molecule has 4 N–H and O–H groups in total. The Morgan fingerprint density at radius 1 is 0.636 bits per heavy atom. The summed E-state index contributed by atoms with van der Waals surface area (Å²) in [4.78, 5) is 0. The summed E-state index contributed by atoms with van der Waals surface area (Å²) in [6.07, 6.45) is -5.22. The second-order valence-corrected chi connectivity index (χ2v) is 5.86. The van der Waals surface area contributed by atoms with Gasteiger partial charge in [-0.15, -0.1) is 0 Å². The van der Waals surface area contributed by atoms with Crippen molar-refractivity contribution >= 4 is 21.5 Å². The Morgan fingerprint density at radius 3 is 2.00 bits per heavy atom. The van der Waals surface area contributed by atoms with Gasteiger partial charge in [-0.2, -0.15) is 0 Å². The van der Waals surface area contributed by atoms with Crippen LogP contribution in [0.3, 0.4) is 0 Å². The van der Waals surface area contributed by atoms with Gasteiger partial charge in [-0.3, -0.25) is 0 Å². The summed E-state index contributed by atoms with van der Waals surface area (Å²) in [7, 11) is 0. The Labute approximate surface area is 126 Å². The predicted octanol–water partition coefficient (Wildman–Crippen LogP) is 1.80. The molecule has 0 unspecified atom stereocenters. The molecule has 0 saturated carbocycles. The molecule has 3 aromatic carbocycles. The molecule has 0 radical (unpaired) electrons. The summed E-state index contributed by atoms with van der Waals surface area (Å²) in [5.74, 6) is 0. The summed E-state index contributed by atoms with van der Waals surface area (Å²) in [6, 6.07) is 15.4. The smallest absolute Gasteiger partial charge is 0.113 e. The molecule has 0 aromatic heterocycles. The van der Waals surface area contributed by atoms with E-state index in [1.807, 2.05) is 42.5 Å². The van der Waals surface area contributed by atoms with Crippen molar-refractivity contribution in [2.75, 3.05) is 0 Å². The van der Waals surface area contributed by atoms with Crippen LogP contribution in [0.25, 0.3) is 21.5 Å². The summed E-state index contributed by atoms with van der Waals surface area (Å²) < 4.78 is 0. The van der Waals surface area contributed by atoms with E-state index in [0.717, 1.165) is 21.5 Å². The van der Waals surface area contributed by atoms with Gasteiger partial charge < -0.3 is 20.4 Å². The zero-order valence-corrected chi connectivity index (χ0v) is 11.7. The van der Waals surface area contributed by atoms with E-state index in [-0.39, 0.29) is 0 Å². The van der Waals surface area contributed by atoms with Crippen molar-refractivity contribution in [2.24, 2.45) is 0 Å². The normalized spacial score (nSPS) is 28.0. The quantitative estimate of drug-likeness (QED) is 0.477. The fourth-order valence-electron chi connectivity index (χ4n) is 3.37. The first-order valence-corrected chi connectivity index (χ1v) is 7.25. The first kappa shape index (κ1) is 13.7. The zero-order valence-electron chi connectivity index (χ0n) is 11.7. The van der Waals surface area contributed by atoms with E-state index in [1.54, 1.807) is 6.07 Å². The van der Waals surface area contributed by atoms with Crippen LogP contribution in [0.5, 0.6) is 0 Å². The summed E-state index contributed by atoms with van der Waals surface area (Å²) in [6.45, 7) is 0. The van der Waals surface area contributed by atoms with E-state index in [0.29, 0.717) is 11.1 Å². The molecule has 0 saturated heterocycles. The second-order valence-electron chi connectivity index (χ2n) is 5.86. The minimum Gasteiger partial charge on any atom is -0.387 e. The average Bonchev–Trinajstić information content (AvgIpc) is 2.55. The molecule has 0 spiro atoms. The highest BCUT2D eigenvalue weighted by Crippen LogP contribution is 2.41. The molecule has 1 aliphatic rings. The molecular weight excluding hydrogens is 280 g/mol. The molecule has 3 aromatic rings. The average molecular weight is 296 g/mol. The van der Waals surface area contributed by atoms with Crippen molar-refractivity contribution in [3.8, 4) is 0 Å². The van der Waals surface area contributed by atoms with Crippen LogP contribution in [0.4, 0.5) is 0 Å². The molecule has 1 aliphatic carbocycles. The molecule has 0 bridgehead atoms. The lowest BCUT2D eigenvalue weighted by Gasteiger charge is -2.35. The van der Waals surface area contributed by atoms with Gasteiger partial charge in [0.2, 0.25) is 0 Å². The van der Waals surface area contributed by atoms with Gasteiger partial charge in [-0.25, -0.2) is 0 Å². The van der Waals surface area contributed by atoms with Gasteiger partial charge in [-0.1, -0.05) is 36.4 Å². The fraction of sp³-hybridized carbons (Fsp3) is 0.222. The predicted molar refractivity (Wildman–Crippen MR) is 83.4 cm³/mol. The van der Waals surface area contributed by atoms with Crippen LogP contribution in [0.15, 0.2) is 48.5 Å². The van der Waals surface area contributed by atoms with Gasteiger partial charge in [0.1, 0.15) is 24.4 Å². The molecule has 112 valence electrons. The van der Waals surface area contributed by atoms with E-state index in [9.17, 15) is 20.4 Å². The first-order valence-electron chi connectivity index (χ1n) is 7.25. The molecule has 0 fully saturated rings. The lowest BCUT2D eigenvalue weighted by molar-refractivity contribution is -0.119. The highest BCUT2D eigenvalue weighted by Gasteiger charge is 2.40. The zero-order chi connectivity index (χ0) is 15.4. The van der Waals surface area contributed by atoms with E-state index < -0.39 is 24.4 Å². The van der Waals surface area contributed by atoms with Crippen molar-refractivity contribution in [3.05, 3.63) is 59.7 Å². The van der Waals surface area contributed by atoms with E-state index in [4.69, 9.17) is 0 Å². The van der Waals surface area contributed by atoms with Crippen molar-refractivity contribution in [1.82, 2.24) is 0 Å². The van der Waals surface area contributed by atoms with Crippen LogP contribution < -0.4 is 0 Å². The van der Waals surface area contributed by atoms with Crippen molar-refractivity contribution in [1.29, 1.82) is 0 Å². The Morgan fingerprint density at radius 2 is 1.27 bits per heavy atom. The number of hydrogen-bond donors (Lipinski definition) is 4. The molecule has 4 atom stereocenters. The number of aliphatic hydroxyl groups excluding tert-OH is 4. The minimum absolute atomic E-state index is 0.466. The van der Waals surface area contributed by atoms with Crippen molar-refractivity contribution in [3.63, 3.8) is 0 Å². The lowest BCUT2D eigenvalue weighted by Crippen LogP contribution is -2.41. The molecule has 4 rings (SSSR count). The third kappa shape index (κ3) is 1.79. The number of aliphatic hydroxyl groups is 4. The first-order chi connectivity index (χ1) is 10.6. The van der Waals surface area contributed by atoms with Crippen molar-refractivity contribution in [2.45, 2.75) is 24.4 Å². The molecular formula is C18H16O4. The third-order valence-corrected chi connectivity index (χ3v) is 4.57. The molecule has 0 aliphatic heterocycles. The lowest BCUT2D eigenvalue weighted by atomic mass is 9.80. The standard InChI is InChI=1S/C18H16O4/c19-15-12-6-5-11-7-9-3-1-2-4-10(9)8-13(11)14(12)16(20)18(22)17(15)21/h1-8,15-22H/t15-,16+,17+,18-/m1/s1. The maximum Gasteiger partial charge on any atom is 0.113 e. The highest BCUT2D eigenvalue weighted by molar-refractivity contribution is 6.00. The Hall–Kier alpha value is -1.98. The number of rotatable bonds is 0. The van der Waals surface area contributed by atoms with Crippen LogP contribution in [0.2, 0.25) is 0 Å². The van der Waals surface area contributed by atoms with Crippen LogP contribution in [0.1, 0.15) is 23.3 Å². The largest absolute Gasteiger partial charge is 0.387 e. The fourth-order valence-corrected chi connectivity index (χ4v) is 3.37. The van der Waals surface area contributed by atoms with Crippen molar-refractivity contribution < 1.29 is 20.4 Å². The van der Waals surface area contributed by atoms with Crippen LogP contribution in [-0.2, 0) is 0 Å².